The molecule has 0 spiro atoms. The molecule has 0 saturated heterocycles. The minimum Gasteiger partial charge on any atom is -0.388 e. The Labute approximate surface area is 84.7 Å². The SMILES string of the molecule is C[C@@H]1Cc2c(ccc(Br)c2F)[C@@H]1O. The summed E-state index contributed by atoms with van der Waals surface area (Å²) < 4.78 is 14.0. The quantitative estimate of drug-likeness (QED) is 0.745. The van der Waals surface area contributed by atoms with Crippen LogP contribution in [0.4, 0.5) is 4.39 Å². The van der Waals surface area contributed by atoms with E-state index in [1.165, 1.54) is 0 Å². The first-order valence-electron chi connectivity index (χ1n) is 4.26. The largest absolute Gasteiger partial charge is 0.388 e. The summed E-state index contributed by atoms with van der Waals surface area (Å²) in [4.78, 5) is 0. The lowest BCUT2D eigenvalue weighted by atomic mass is 10.1. The lowest BCUT2D eigenvalue weighted by Gasteiger charge is -2.07. The highest BCUT2D eigenvalue weighted by atomic mass is 79.9. The number of fused-ring (bicyclic) bond motifs is 1. The van der Waals surface area contributed by atoms with Crippen molar-refractivity contribution in [2.24, 2.45) is 5.92 Å². The van der Waals surface area contributed by atoms with Gasteiger partial charge in [0.1, 0.15) is 5.82 Å². The fourth-order valence-corrected chi connectivity index (χ4v) is 2.20. The number of benzene rings is 1. The summed E-state index contributed by atoms with van der Waals surface area (Å²) in [5.74, 6) is -0.0975. The Balaban J connectivity index is 2.57. The molecule has 1 aliphatic rings. The maximum absolute atomic E-state index is 13.5. The number of aliphatic hydroxyl groups excluding tert-OH is 1. The second-order valence-corrected chi connectivity index (χ2v) is 4.41. The molecule has 70 valence electrons. The van der Waals surface area contributed by atoms with Crippen LogP contribution in [-0.2, 0) is 6.42 Å². The summed E-state index contributed by atoms with van der Waals surface area (Å²) in [6.07, 6.45) is 0.125. The van der Waals surface area contributed by atoms with Gasteiger partial charge in [-0.05, 0) is 45.5 Å². The first kappa shape index (κ1) is 9.16. The van der Waals surface area contributed by atoms with E-state index < -0.39 is 6.10 Å². The lowest BCUT2D eigenvalue weighted by Crippen LogP contribution is -2.00. The van der Waals surface area contributed by atoms with Gasteiger partial charge in [0.2, 0.25) is 0 Å². The monoisotopic (exact) mass is 244 g/mol. The van der Waals surface area contributed by atoms with E-state index in [0.717, 1.165) is 5.56 Å². The van der Waals surface area contributed by atoms with E-state index in [-0.39, 0.29) is 11.7 Å². The van der Waals surface area contributed by atoms with Gasteiger partial charge in [-0.15, -0.1) is 0 Å². The van der Waals surface area contributed by atoms with Crippen LogP contribution in [0.15, 0.2) is 16.6 Å². The van der Waals surface area contributed by atoms with Crippen LogP contribution in [0.2, 0.25) is 0 Å². The number of hydrogen-bond acceptors (Lipinski definition) is 1. The first-order chi connectivity index (χ1) is 6.11. The van der Waals surface area contributed by atoms with Gasteiger partial charge in [-0.3, -0.25) is 0 Å². The molecule has 0 amide bonds. The molecule has 0 unspecified atom stereocenters. The first-order valence-corrected chi connectivity index (χ1v) is 5.05. The van der Waals surface area contributed by atoms with Crippen LogP contribution >= 0.6 is 15.9 Å². The van der Waals surface area contributed by atoms with Gasteiger partial charge < -0.3 is 5.11 Å². The molecule has 0 bridgehead atoms. The summed E-state index contributed by atoms with van der Waals surface area (Å²) in [6.45, 7) is 1.93. The van der Waals surface area contributed by atoms with Gasteiger partial charge in [-0.25, -0.2) is 4.39 Å². The van der Waals surface area contributed by atoms with Crippen LogP contribution in [0.3, 0.4) is 0 Å². The van der Waals surface area contributed by atoms with E-state index >= 15 is 0 Å². The number of halogens is 2. The fourth-order valence-electron chi connectivity index (χ4n) is 1.83. The van der Waals surface area contributed by atoms with Crippen molar-refractivity contribution in [3.63, 3.8) is 0 Å². The maximum atomic E-state index is 13.5. The molecule has 0 heterocycles. The van der Waals surface area contributed by atoms with Crippen molar-refractivity contribution in [2.75, 3.05) is 0 Å². The van der Waals surface area contributed by atoms with Gasteiger partial charge in [0.15, 0.2) is 0 Å². The molecule has 13 heavy (non-hydrogen) atoms. The number of hydrogen-bond donors (Lipinski definition) is 1. The Morgan fingerprint density at radius 3 is 2.92 bits per heavy atom. The Kier molecular flexibility index (Phi) is 2.16. The molecular weight excluding hydrogens is 235 g/mol. The Bertz CT molecular complexity index is 351. The fraction of sp³-hybridized carbons (Fsp3) is 0.400. The van der Waals surface area contributed by atoms with Gasteiger partial charge in [0, 0.05) is 0 Å². The zero-order chi connectivity index (χ0) is 9.59. The van der Waals surface area contributed by atoms with Gasteiger partial charge in [-0.2, -0.15) is 0 Å². The van der Waals surface area contributed by atoms with Crippen molar-refractivity contribution in [3.05, 3.63) is 33.5 Å². The van der Waals surface area contributed by atoms with Crippen LogP contribution in [-0.4, -0.2) is 5.11 Å². The zero-order valence-corrected chi connectivity index (χ0v) is 8.81. The third-order valence-corrected chi connectivity index (χ3v) is 3.23. The van der Waals surface area contributed by atoms with E-state index in [9.17, 15) is 9.50 Å². The van der Waals surface area contributed by atoms with Crippen LogP contribution in [0.1, 0.15) is 24.2 Å². The summed E-state index contributed by atoms with van der Waals surface area (Å²) >= 11 is 3.13. The highest BCUT2D eigenvalue weighted by Gasteiger charge is 2.30. The molecule has 0 aromatic heterocycles. The van der Waals surface area contributed by atoms with Crippen molar-refractivity contribution in [1.29, 1.82) is 0 Å². The van der Waals surface area contributed by atoms with E-state index in [1.54, 1.807) is 12.1 Å². The van der Waals surface area contributed by atoms with Crippen molar-refractivity contribution < 1.29 is 9.50 Å². The van der Waals surface area contributed by atoms with Gasteiger partial charge in [0.05, 0.1) is 10.6 Å². The number of aliphatic hydroxyl groups is 1. The van der Waals surface area contributed by atoms with Crippen LogP contribution in [0.25, 0.3) is 0 Å². The molecule has 1 N–H and O–H groups in total. The van der Waals surface area contributed by atoms with Crippen molar-refractivity contribution in [1.82, 2.24) is 0 Å². The average molecular weight is 245 g/mol. The van der Waals surface area contributed by atoms with Crippen LogP contribution in [0, 0.1) is 11.7 Å². The smallest absolute Gasteiger partial charge is 0.140 e. The molecule has 0 aliphatic heterocycles. The minimum absolute atomic E-state index is 0.124. The third-order valence-electron chi connectivity index (χ3n) is 2.62. The Hall–Kier alpha value is -0.410. The maximum Gasteiger partial charge on any atom is 0.140 e. The summed E-state index contributed by atoms with van der Waals surface area (Å²) in [5, 5.41) is 9.68. The van der Waals surface area contributed by atoms with Crippen molar-refractivity contribution in [3.8, 4) is 0 Å². The summed E-state index contributed by atoms with van der Waals surface area (Å²) in [5.41, 5.74) is 1.41. The minimum atomic E-state index is -0.502. The topological polar surface area (TPSA) is 20.2 Å². The van der Waals surface area contributed by atoms with Gasteiger partial charge in [-0.1, -0.05) is 13.0 Å². The average Bonchev–Trinajstić information content (AvgIpc) is 2.38. The zero-order valence-electron chi connectivity index (χ0n) is 7.22. The predicted molar refractivity (Wildman–Crippen MR) is 51.9 cm³/mol. The normalized spacial score (nSPS) is 26.2. The van der Waals surface area contributed by atoms with E-state index in [0.29, 0.717) is 16.5 Å². The lowest BCUT2D eigenvalue weighted by molar-refractivity contribution is 0.133. The molecule has 3 heteroatoms. The van der Waals surface area contributed by atoms with Crippen LogP contribution in [0.5, 0.6) is 0 Å². The molecule has 1 nitrogen and oxygen atoms in total. The van der Waals surface area contributed by atoms with Gasteiger partial charge in [0.25, 0.3) is 0 Å². The molecule has 0 saturated carbocycles. The summed E-state index contributed by atoms with van der Waals surface area (Å²) in [6, 6.07) is 3.44. The molecular formula is C10H10BrFO. The van der Waals surface area contributed by atoms with Gasteiger partial charge >= 0.3 is 0 Å². The molecule has 0 radical (unpaired) electrons. The van der Waals surface area contributed by atoms with Crippen LogP contribution < -0.4 is 0 Å². The molecule has 1 aromatic carbocycles. The Morgan fingerprint density at radius 1 is 1.54 bits per heavy atom. The number of rotatable bonds is 0. The molecule has 0 fully saturated rings. The van der Waals surface area contributed by atoms with E-state index in [2.05, 4.69) is 15.9 Å². The second-order valence-electron chi connectivity index (χ2n) is 3.56. The molecule has 2 atom stereocenters. The molecule has 1 aliphatic carbocycles. The second kappa shape index (κ2) is 3.07. The third kappa shape index (κ3) is 1.30. The summed E-state index contributed by atoms with van der Waals surface area (Å²) in [7, 11) is 0. The van der Waals surface area contributed by atoms with E-state index in [1.807, 2.05) is 6.92 Å². The highest BCUT2D eigenvalue weighted by molar-refractivity contribution is 9.10. The molecule has 1 aromatic rings. The van der Waals surface area contributed by atoms with E-state index in [4.69, 9.17) is 0 Å². The van der Waals surface area contributed by atoms with Crippen molar-refractivity contribution in [2.45, 2.75) is 19.4 Å². The predicted octanol–water partition coefficient (Wildman–Crippen LogP) is 2.81. The Morgan fingerprint density at radius 2 is 2.23 bits per heavy atom. The highest BCUT2D eigenvalue weighted by Crippen LogP contribution is 2.38. The standard InChI is InChI=1S/C10H10BrFO/c1-5-4-7-6(10(5)13)2-3-8(11)9(7)12/h2-3,5,10,13H,4H2,1H3/t5-,10-/m1/s1. The molecule has 2 rings (SSSR count). The van der Waals surface area contributed by atoms with Crippen molar-refractivity contribution >= 4 is 15.9 Å².